The first-order valence-electron chi connectivity index (χ1n) is 5.82. The van der Waals surface area contributed by atoms with E-state index in [1.165, 1.54) is 18.4 Å². The summed E-state index contributed by atoms with van der Waals surface area (Å²) in [5.74, 6) is -0.420. The number of hydrogen-bond acceptors (Lipinski definition) is 4. The van der Waals surface area contributed by atoms with Gasteiger partial charge in [-0.2, -0.15) is 0 Å². The van der Waals surface area contributed by atoms with Crippen molar-refractivity contribution in [1.29, 1.82) is 0 Å². The number of methoxy groups -OCH3 is 1. The SMILES string of the molecule is COC(=O)C(C)(C)C(O)c1cc2c(Br)cccc2s1. The third-order valence-electron chi connectivity index (χ3n) is 3.19. The summed E-state index contributed by atoms with van der Waals surface area (Å²) in [4.78, 5) is 12.5. The summed E-state index contributed by atoms with van der Waals surface area (Å²) < 4.78 is 6.81. The minimum absolute atomic E-state index is 0.420. The van der Waals surface area contributed by atoms with E-state index in [0.717, 1.165) is 19.4 Å². The number of esters is 1. The van der Waals surface area contributed by atoms with Gasteiger partial charge in [-0.05, 0) is 32.0 Å². The van der Waals surface area contributed by atoms with Gasteiger partial charge in [0.25, 0.3) is 0 Å². The van der Waals surface area contributed by atoms with Gasteiger partial charge in [-0.1, -0.05) is 22.0 Å². The van der Waals surface area contributed by atoms with E-state index in [0.29, 0.717) is 0 Å². The van der Waals surface area contributed by atoms with Gasteiger partial charge >= 0.3 is 5.97 Å². The van der Waals surface area contributed by atoms with Crippen LogP contribution in [0.25, 0.3) is 10.1 Å². The van der Waals surface area contributed by atoms with Gasteiger partial charge in [0, 0.05) is 19.4 Å². The first-order valence-corrected chi connectivity index (χ1v) is 7.43. The van der Waals surface area contributed by atoms with Crippen LogP contribution in [0.15, 0.2) is 28.7 Å². The van der Waals surface area contributed by atoms with Gasteiger partial charge in [0.05, 0.1) is 12.5 Å². The van der Waals surface area contributed by atoms with Crippen LogP contribution in [0.5, 0.6) is 0 Å². The molecule has 0 bridgehead atoms. The van der Waals surface area contributed by atoms with Crippen molar-refractivity contribution in [1.82, 2.24) is 0 Å². The zero-order valence-corrected chi connectivity index (χ0v) is 13.3. The van der Waals surface area contributed by atoms with E-state index >= 15 is 0 Å². The Balaban J connectivity index is 2.44. The van der Waals surface area contributed by atoms with Gasteiger partial charge in [-0.15, -0.1) is 11.3 Å². The highest BCUT2D eigenvalue weighted by Gasteiger charge is 2.38. The maximum Gasteiger partial charge on any atom is 0.314 e. The van der Waals surface area contributed by atoms with Crippen molar-refractivity contribution < 1.29 is 14.6 Å². The molecular formula is C14H15BrO3S. The quantitative estimate of drug-likeness (QED) is 0.860. The van der Waals surface area contributed by atoms with E-state index in [2.05, 4.69) is 15.9 Å². The number of rotatable bonds is 3. The predicted molar refractivity (Wildman–Crippen MR) is 80.3 cm³/mol. The van der Waals surface area contributed by atoms with Gasteiger partial charge in [-0.25, -0.2) is 0 Å². The van der Waals surface area contributed by atoms with E-state index in [1.807, 2.05) is 24.3 Å². The fourth-order valence-electron chi connectivity index (χ4n) is 1.91. The van der Waals surface area contributed by atoms with Crippen molar-refractivity contribution in [3.8, 4) is 0 Å². The van der Waals surface area contributed by atoms with Crippen LogP contribution in [0.3, 0.4) is 0 Å². The molecule has 0 amide bonds. The second kappa shape index (κ2) is 5.23. The number of halogens is 1. The molecule has 0 saturated heterocycles. The maximum absolute atomic E-state index is 11.7. The Hall–Kier alpha value is -0.910. The third-order valence-corrected chi connectivity index (χ3v) is 5.04. The Labute approximate surface area is 124 Å². The van der Waals surface area contributed by atoms with E-state index in [1.54, 1.807) is 13.8 Å². The molecule has 2 rings (SSSR count). The van der Waals surface area contributed by atoms with E-state index in [-0.39, 0.29) is 0 Å². The standard InChI is InChI=1S/C14H15BrO3S/c1-14(2,13(17)18-3)12(16)11-7-8-9(15)5-4-6-10(8)19-11/h4-7,12,16H,1-3H3. The van der Waals surface area contributed by atoms with Crippen molar-refractivity contribution in [2.24, 2.45) is 5.41 Å². The summed E-state index contributed by atoms with van der Waals surface area (Å²) in [6.45, 7) is 3.37. The minimum atomic E-state index is -0.970. The lowest BCUT2D eigenvalue weighted by atomic mass is 9.85. The number of hydrogen-bond donors (Lipinski definition) is 1. The maximum atomic E-state index is 11.7. The number of ether oxygens (including phenoxy) is 1. The summed E-state index contributed by atoms with van der Waals surface area (Å²) in [7, 11) is 1.33. The number of benzene rings is 1. The van der Waals surface area contributed by atoms with Crippen molar-refractivity contribution >= 4 is 43.3 Å². The molecule has 102 valence electrons. The smallest absolute Gasteiger partial charge is 0.314 e. The highest BCUT2D eigenvalue weighted by atomic mass is 79.9. The molecule has 1 heterocycles. The first kappa shape index (κ1) is 14.5. The van der Waals surface area contributed by atoms with Gasteiger partial charge in [0.15, 0.2) is 0 Å². The van der Waals surface area contributed by atoms with Crippen molar-refractivity contribution in [2.75, 3.05) is 7.11 Å². The third kappa shape index (κ3) is 2.55. The molecule has 0 spiro atoms. The summed E-state index contributed by atoms with van der Waals surface area (Å²) in [6, 6.07) is 7.81. The predicted octanol–water partition coefficient (Wildman–Crippen LogP) is 3.90. The largest absolute Gasteiger partial charge is 0.469 e. The Kier molecular flexibility index (Phi) is 3.99. The molecule has 19 heavy (non-hydrogen) atoms. The molecule has 0 fully saturated rings. The number of carbonyl (C=O) groups is 1. The Bertz CT molecular complexity index is 618. The van der Waals surface area contributed by atoms with Crippen LogP contribution in [0, 0.1) is 5.41 Å². The van der Waals surface area contributed by atoms with E-state index < -0.39 is 17.5 Å². The molecule has 3 nitrogen and oxygen atoms in total. The summed E-state index contributed by atoms with van der Waals surface area (Å²) in [5, 5.41) is 11.5. The number of carbonyl (C=O) groups excluding carboxylic acids is 1. The molecule has 1 N–H and O–H groups in total. The van der Waals surface area contributed by atoms with Crippen LogP contribution in [-0.4, -0.2) is 18.2 Å². The number of aliphatic hydroxyl groups excluding tert-OH is 1. The number of fused-ring (bicyclic) bond motifs is 1. The molecule has 0 aliphatic carbocycles. The lowest BCUT2D eigenvalue weighted by molar-refractivity contribution is -0.157. The average molecular weight is 343 g/mol. The molecule has 5 heteroatoms. The summed E-state index contributed by atoms with van der Waals surface area (Å²) >= 11 is 4.97. The van der Waals surface area contributed by atoms with Crippen LogP contribution >= 0.6 is 27.3 Å². The van der Waals surface area contributed by atoms with Crippen molar-refractivity contribution in [3.63, 3.8) is 0 Å². The van der Waals surface area contributed by atoms with Crippen LogP contribution in [0.1, 0.15) is 24.8 Å². The molecule has 1 aromatic carbocycles. The zero-order valence-electron chi connectivity index (χ0n) is 10.9. The minimum Gasteiger partial charge on any atom is -0.469 e. The second-order valence-corrected chi connectivity index (χ2v) is 6.89. The normalized spacial score (nSPS) is 13.5. The summed E-state index contributed by atoms with van der Waals surface area (Å²) in [5.41, 5.74) is -0.970. The molecule has 2 aromatic rings. The van der Waals surface area contributed by atoms with Crippen LogP contribution in [-0.2, 0) is 9.53 Å². The monoisotopic (exact) mass is 342 g/mol. The first-order chi connectivity index (χ1) is 8.87. The van der Waals surface area contributed by atoms with Crippen LogP contribution in [0.4, 0.5) is 0 Å². The fraction of sp³-hybridized carbons (Fsp3) is 0.357. The molecular weight excluding hydrogens is 328 g/mol. The number of aliphatic hydroxyl groups is 1. The topological polar surface area (TPSA) is 46.5 Å². The average Bonchev–Trinajstić information content (AvgIpc) is 2.82. The van der Waals surface area contributed by atoms with Gasteiger partial charge in [-0.3, -0.25) is 4.79 Å². The Morgan fingerprint density at radius 2 is 2.16 bits per heavy atom. The molecule has 1 aromatic heterocycles. The van der Waals surface area contributed by atoms with Gasteiger partial charge in [0.1, 0.15) is 6.10 Å². The molecule has 1 unspecified atom stereocenters. The Morgan fingerprint density at radius 3 is 2.74 bits per heavy atom. The molecule has 0 aliphatic heterocycles. The molecule has 0 aliphatic rings. The number of thiophene rings is 1. The van der Waals surface area contributed by atoms with Gasteiger partial charge in [0.2, 0.25) is 0 Å². The van der Waals surface area contributed by atoms with Crippen molar-refractivity contribution in [2.45, 2.75) is 20.0 Å². The van der Waals surface area contributed by atoms with E-state index in [4.69, 9.17) is 4.74 Å². The van der Waals surface area contributed by atoms with Crippen molar-refractivity contribution in [3.05, 3.63) is 33.6 Å². The lowest BCUT2D eigenvalue weighted by Crippen LogP contribution is -2.32. The van der Waals surface area contributed by atoms with E-state index in [9.17, 15) is 9.90 Å². The zero-order chi connectivity index (χ0) is 14.2. The highest BCUT2D eigenvalue weighted by Crippen LogP contribution is 2.41. The molecule has 0 saturated carbocycles. The second-order valence-electron chi connectivity index (χ2n) is 4.92. The lowest BCUT2D eigenvalue weighted by Gasteiger charge is -2.26. The fourth-order valence-corrected chi connectivity index (χ4v) is 3.78. The summed E-state index contributed by atoms with van der Waals surface area (Å²) in [6.07, 6.45) is -0.885. The Morgan fingerprint density at radius 1 is 1.47 bits per heavy atom. The molecule has 0 radical (unpaired) electrons. The van der Waals surface area contributed by atoms with Crippen LogP contribution in [0.2, 0.25) is 0 Å². The van der Waals surface area contributed by atoms with Crippen LogP contribution < -0.4 is 0 Å². The van der Waals surface area contributed by atoms with Gasteiger partial charge < -0.3 is 9.84 Å². The molecule has 1 atom stereocenters. The highest BCUT2D eigenvalue weighted by molar-refractivity contribution is 9.10.